The van der Waals surface area contributed by atoms with Gasteiger partial charge in [0.2, 0.25) is 21.9 Å². The van der Waals surface area contributed by atoms with E-state index in [0.29, 0.717) is 6.42 Å². The summed E-state index contributed by atoms with van der Waals surface area (Å²) in [6, 6.07) is 1.41. The second-order valence-electron chi connectivity index (χ2n) is 7.83. The van der Waals surface area contributed by atoms with E-state index in [1.165, 1.54) is 0 Å². The number of halogens is 3. The third-order valence-electron chi connectivity index (χ3n) is 4.33. The molecule has 2 rings (SSSR count). The van der Waals surface area contributed by atoms with Gasteiger partial charge in [0, 0.05) is 6.42 Å². The Morgan fingerprint density at radius 2 is 1.61 bits per heavy atom. The Bertz CT molecular complexity index is 998. The maximum Gasteiger partial charge on any atom is 0.241 e. The fraction of sp³-hybridized carbons (Fsp3) is 0.526. The van der Waals surface area contributed by atoms with Crippen molar-refractivity contribution in [3.8, 4) is 0 Å². The summed E-state index contributed by atoms with van der Waals surface area (Å²) < 4.78 is 65.8. The highest BCUT2D eigenvalue weighted by molar-refractivity contribution is 7.91. The number of hydrogen-bond acceptors (Lipinski definition) is 7. The first-order valence-corrected chi connectivity index (χ1v) is 11.5. The summed E-state index contributed by atoms with van der Waals surface area (Å²) in [5.41, 5.74) is 0.192. The number of nitrogens with one attached hydrogen (secondary N) is 2. The van der Waals surface area contributed by atoms with E-state index in [1.807, 2.05) is 13.8 Å². The van der Waals surface area contributed by atoms with Gasteiger partial charge in [-0.05, 0) is 36.0 Å². The summed E-state index contributed by atoms with van der Waals surface area (Å²) >= 11 is 0. The zero-order valence-electron chi connectivity index (χ0n) is 17.7. The van der Waals surface area contributed by atoms with Crippen molar-refractivity contribution in [1.29, 1.82) is 0 Å². The number of rotatable bonds is 10. The Labute approximate surface area is 179 Å². The van der Waals surface area contributed by atoms with E-state index < -0.39 is 33.4 Å². The fourth-order valence-corrected chi connectivity index (χ4v) is 3.39. The number of nitrogens with zero attached hydrogens (tertiary/aromatic N) is 3. The molecule has 8 nitrogen and oxygen atoms in total. The lowest BCUT2D eigenvalue weighted by Crippen LogP contribution is -2.27. The maximum absolute atomic E-state index is 13.6. The highest BCUT2D eigenvalue weighted by Gasteiger charge is 2.19. The highest BCUT2D eigenvalue weighted by atomic mass is 32.2. The third-order valence-corrected chi connectivity index (χ3v) is 4.89. The first-order valence-electron chi connectivity index (χ1n) is 9.62. The van der Waals surface area contributed by atoms with Gasteiger partial charge in [0.15, 0.2) is 17.5 Å². The lowest BCUT2D eigenvalue weighted by Gasteiger charge is -2.19. The predicted octanol–water partition coefficient (Wildman–Crippen LogP) is 2.83. The van der Waals surface area contributed by atoms with E-state index >= 15 is 0 Å². The molecule has 1 aromatic carbocycles. The molecule has 0 aliphatic carbocycles. The van der Waals surface area contributed by atoms with E-state index in [9.17, 15) is 26.7 Å². The molecule has 0 aliphatic heterocycles. The summed E-state index contributed by atoms with van der Waals surface area (Å²) in [7, 11) is -3.68. The monoisotopic (exact) mass is 461 g/mol. The summed E-state index contributed by atoms with van der Waals surface area (Å²) in [5, 5.41) is 12.5. The molecule has 2 atom stereocenters. The van der Waals surface area contributed by atoms with Crippen molar-refractivity contribution >= 4 is 21.9 Å². The van der Waals surface area contributed by atoms with Gasteiger partial charge in [-0.15, -0.1) is 0 Å². The first-order chi connectivity index (χ1) is 14.4. The average molecular weight is 462 g/mol. The van der Waals surface area contributed by atoms with Gasteiger partial charge in [0.25, 0.3) is 0 Å². The molecule has 172 valence electrons. The number of anilines is 2. The largest absolute Gasteiger partial charge is 0.394 e. The summed E-state index contributed by atoms with van der Waals surface area (Å²) in [4.78, 5) is 12.3. The Morgan fingerprint density at radius 1 is 1.03 bits per heavy atom. The molecular formula is C19H26F3N5O3S. The molecule has 0 fully saturated rings. The lowest BCUT2D eigenvalue weighted by atomic mass is 9.97. The van der Waals surface area contributed by atoms with Gasteiger partial charge in [-0.1, -0.05) is 20.8 Å². The van der Waals surface area contributed by atoms with Crippen molar-refractivity contribution < 1.29 is 26.7 Å². The summed E-state index contributed by atoms with van der Waals surface area (Å²) in [6.45, 7) is 5.39. The van der Waals surface area contributed by atoms with Crippen LogP contribution in [-0.2, 0) is 16.4 Å². The normalized spacial score (nSPS) is 13.8. The first kappa shape index (κ1) is 24.8. The lowest BCUT2D eigenvalue weighted by molar-refractivity contribution is 0.259. The molecule has 0 aliphatic rings. The van der Waals surface area contributed by atoms with Crippen LogP contribution >= 0.6 is 0 Å². The Morgan fingerprint density at radius 3 is 2.13 bits per heavy atom. The average Bonchev–Trinajstić information content (AvgIpc) is 2.63. The van der Waals surface area contributed by atoms with E-state index in [-0.39, 0.29) is 48.3 Å². The minimum Gasteiger partial charge on any atom is -0.394 e. The zero-order chi connectivity index (χ0) is 23.3. The van der Waals surface area contributed by atoms with Gasteiger partial charge >= 0.3 is 0 Å². The third kappa shape index (κ3) is 7.62. The number of benzene rings is 1. The van der Waals surface area contributed by atoms with Crippen LogP contribution in [0, 0.1) is 23.4 Å². The molecule has 0 bridgehead atoms. The molecule has 12 heteroatoms. The molecule has 0 amide bonds. The van der Waals surface area contributed by atoms with Crippen LogP contribution in [0.2, 0.25) is 0 Å². The van der Waals surface area contributed by atoms with Crippen molar-refractivity contribution in [3.05, 3.63) is 41.0 Å². The molecule has 0 saturated carbocycles. The second-order valence-corrected chi connectivity index (χ2v) is 9.58. The van der Waals surface area contributed by atoms with Crippen LogP contribution < -0.4 is 10.0 Å². The quantitative estimate of drug-likeness (QED) is 0.466. The van der Waals surface area contributed by atoms with Crippen LogP contribution in [0.3, 0.4) is 0 Å². The van der Waals surface area contributed by atoms with Crippen LogP contribution in [-0.4, -0.2) is 47.4 Å². The van der Waals surface area contributed by atoms with Crippen LogP contribution in [0.4, 0.5) is 25.1 Å². The Kier molecular flexibility index (Phi) is 8.18. The van der Waals surface area contributed by atoms with Crippen molar-refractivity contribution in [1.82, 2.24) is 15.0 Å². The van der Waals surface area contributed by atoms with Crippen LogP contribution in [0.1, 0.15) is 44.5 Å². The van der Waals surface area contributed by atoms with Gasteiger partial charge in [0.05, 0.1) is 18.9 Å². The van der Waals surface area contributed by atoms with Gasteiger partial charge in [-0.25, -0.2) is 21.6 Å². The maximum atomic E-state index is 13.6. The minimum atomic E-state index is -3.68. The highest BCUT2D eigenvalue weighted by Crippen LogP contribution is 2.24. The van der Waals surface area contributed by atoms with E-state index in [2.05, 4.69) is 25.0 Å². The van der Waals surface area contributed by atoms with Crippen molar-refractivity contribution in [2.24, 2.45) is 5.92 Å². The molecule has 0 saturated heterocycles. The molecule has 1 heterocycles. The van der Waals surface area contributed by atoms with E-state index in [4.69, 9.17) is 0 Å². The summed E-state index contributed by atoms with van der Waals surface area (Å²) in [6.07, 6.45) is 1.61. The molecule has 1 aromatic heterocycles. The predicted molar refractivity (Wildman–Crippen MR) is 111 cm³/mol. The zero-order valence-corrected chi connectivity index (χ0v) is 18.5. The topological polar surface area (TPSA) is 117 Å². The molecule has 2 unspecified atom stereocenters. The van der Waals surface area contributed by atoms with Crippen molar-refractivity contribution in [2.45, 2.75) is 45.6 Å². The van der Waals surface area contributed by atoms with Crippen LogP contribution in [0.25, 0.3) is 0 Å². The smallest absolute Gasteiger partial charge is 0.241 e. The number of hydrogen-bond donors (Lipinski definition) is 3. The second kappa shape index (κ2) is 10.2. The van der Waals surface area contributed by atoms with E-state index in [1.54, 1.807) is 6.92 Å². The molecule has 0 radical (unpaired) electrons. The van der Waals surface area contributed by atoms with E-state index in [0.717, 1.165) is 18.4 Å². The molecule has 0 spiro atoms. The number of aliphatic hydroxyl groups excluding tert-OH is 1. The summed E-state index contributed by atoms with van der Waals surface area (Å²) in [5.74, 6) is -4.47. The van der Waals surface area contributed by atoms with Crippen LogP contribution in [0.15, 0.2) is 12.1 Å². The van der Waals surface area contributed by atoms with Gasteiger partial charge in [-0.3, -0.25) is 4.72 Å². The molecule has 31 heavy (non-hydrogen) atoms. The molecule has 3 N–H and O–H groups in total. The van der Waals surface area contributed by atoms with Gasteiger partial charge < -0.3 is 10.4 Å². The SMILES string of the molecule is CC(C)CC(CO)Nc1nc(CC(C)c2cc(F)c(F)c(F)c2)nc(NS(C)(=O)=O)n1. The van der Waals surface area contributed by atoms with Crippen molar-refractivity contribution in [3.63, 3.8) is 0 Å². The standard InChI is InChI=1S/C19H26F3N5O3S/c1-10(2)5-13(9-28)23-18-24-16(25-19(26-18)27-31(4,29)30)6-11(3)12-7-14(20)17(22)15(21)8-12/h7-8,10-11,13,28H,5-6,9H2,1-4H3,(H2,23,24,25,26,27). The van der Waals surface area contributed by atoms with Crippen molar-refractivity contribution in [2.75, 3.05) is 22.9 Å². The number of aliphatic hydroxyl groups is 1. The molecular weight excluding hydrogens is 435 g/mol. The Hall–Kier alpha value is -2.47. The number of aromatic nitrogens is 3. The minimum absolute atomic E-state index is 0.0412. The number of sulfonamides is 1. The van der Waals surface area contributed by atoms with Gasteiger partial charge in [-0.2, -0.15) is 15.0 Å². The fourth-order valence-electron chi connectivity index (χ4n) is 2.97. The van der Waals surface area contributed by atoms with Gasteiger partial charge in [0.1, 0.15) is 5.82 Å². The molecule has 2 aromatic rings. The Balaban J connectivity index is 2.35. The van der Waals surface area contributed by atoms with Crippen LogP contribution in [0.5, 0.6) is 0 Å².